The Morgan fingerprint density at radius 1 is 1.10 bits per heavy atom. The lowest BCUT2D eigenvalue weighted by Crippen LogP contribution is -2.24. The van der Waals surface area contributed by atoms with Crippen molar-refractivity contribution in [3.63, 3.8) is 0 Å². The maximum absolute atomic E-state index is 12.1. The third kappa shape index (κ3) is 6.27. The van der Waals surface area contributed by atoms with E-state index in [1.807, 2.05) is 38.1 Å². The molecule has 0 radical (unpaired) electrons. The first-order valence-electron chi connectivity index (χ1n) is 9.81. The van der Waals surface area contributed by atoms with Gasteiger partial charge in [0.05, 0.1) is 12.8 Å². The summed E-state index contributed by atoms with van der Waals surface area (Å²) in [6.07, 6.45) is 1.48. The summed E-state index contributed by atoms with van der Waals surface area (Å²) in [5.74, 6) is 0.622. The Morgan fingerprint density at radius 2 is 1.87 bits per heavy atom. The van der Waals surface area contributed by atoms with E-state index in [-0.39, 0.29) is 5.69 Å². The molecule has 0 saturated heterocycles. The molecule has 0 fully saturated rings. The van der Waals surface area contributed by atoms with Crippen LogP contribution in [0.2, 0.25) is 0 Å². The average molecular weight is 420 g/mol. The van der Waals surface area contributed by atoms with Crippen LogP contribution in [-0.4, -0.2) is 28.7 Å². The van der Waals surface area contributed by atoms with Gasteiger partial charge in [0.15, 0.2) is 11.5 Å². The van der Waals surface area contributed by atoms with Crippen molar-refractivity contribution in [3.05, 3.63) is 87.1 Å². The van der Waals surface area contributed by atoms with Gasteiger partial charge in [0.25, 0.3) is 5.91 Å². The number of hydrazone groups is 1. The van der Waals surface area contributed by atoms with Crippen LogP contribution in [0.15, 0.2) is 58.4 Å². The second-order valence-electron chi connectivity index (χ2n) is 6.87. The molecule has 0 aliphatic carbocycles. The van der Waals surface area contributed by atoms with Crippen molar-refractivity contribution < 1.29 is 14.3 Å². The molecule has 8 nitrogen and oxygen atoms in total. The third-order valence-electron chi connectivity index (χ3n) is 4.27. The summed E-state index contributed by atoms with van der Waals surface area (Å²) in [5, 5.41) is 3.94. The second kappa shape index (κ2) is 10.2. The highest BCUT2D eigenvalue weighted by molar-refractivity contribution is 5.93. The maximum Gasteiger partial charge on any atom is 0.345 e. The quantitative estimate of drug-likeness (QED) is 0.430. The Bertz CT molecular complexity index is 1140. The van der Waals surface area contributed by atoms with Crippen molar-refractivity contribution in [1.29, 1.82) is 0 Å². The summed E-state index contributed by atoms with van der Waals surface area (Å²) in [7, 11) is 0. The van der Waals surface area contributed by atoms with Crippen molar-refractivity contribution in [2.24, 2.45) is 5.10 Å². The molecule has 8 heteroatoms. The van der Waals surface area contributed by atoms with Gasteiger partial charge in [-0.1, -0.05) is 29.8 Å². The van der Waals surface area contributed by atoms with Crippen molar-refractivity contribution in [1.82, 2.24) is 15.4 Å². The molecule has 0 unspecified atom stereocenters. The second-order valence-corrected chi connectivity index (χ2v) is 6.87. The number of aromatic amines is 1. The van der Waals surface area contributed by atoms with Gasteiger partial charge in [0, 0.05) is 5.69 Å². The number of aromatic nitrogens is 2. The number of nitrogens with zero attached hydrogens (tertiary/aromatic N) is 2. The Balaban J connectivity index is 1.67. The van der Waals surface area contributed by atoms with Gasteiger partial charge in [0.2, 0.25) is 0 Å². The summed E-state index contributed by atoms with van der Waals surface area (Å²) in [5.41, 5.74) is 5.27. The largest absolute Gasteiger partial charge is 0.490 e. The number of nitrogens with one attached hydrogen (secondary N) is 2. The topological polar surface area (TPSA) is 106 Å². The lowest BCUT2D eigenvalue weighted by Gasteiger charge is -2.12. The van der Waals surface area contributed by atoms with Crippen LogP contribution in [0.5, 0.6) is 11.5 Å². The molecule has 2 N–H and O–H groups in total. The van der Waals surface area contributed by atoms with E-state index >= 15 is 0 Å². The van der Waals surface area contributed by atoms with Crippen LogP contribution in [0.25, 0.3) is 0 Å². The van der Waals surface area contributed by atoms with Gasteiger partial charge < -0.3 is 14.5 Å². The monoisotopic (exact) mass is 420 g/mol. The van der Waals surface area contributed by atoms with Crippen LogP contribution in [-0.2, 0) is 6.61 Å². The minimum atomic E-state index is -0.586. The number of benzene rings is 2. The van der Waals surface area contributed by atoms with Crippen LogP contribution >= 0.6 is 0 Å². The van der Waals surface area contributed by atoms with Gasteiger partial charge in [0.1, 0.15) is 12.3 Å². The van der Waals surface area contributed by atoms with Gasteiger partial charge in [-0.15, -0.1) is 0 Å². The molecule has 0 saturated carbocycles. The summed E-state index contributed by atoms with van der Waals surface area (Å²) >= 11 is 0. The van der Waals surface area contributed by atoms with E-state index in [2.05, 4.69) is 20.5 Å². The number of H-pyrrole nitrogens is 1. The highest BCUT2D eigenvalue weighted by Gasteiger charge is 2.09. The summed E-state index contributed by atoms with van der Waals surface area (Å²) in [6.45, 7) is 6.50. The van der Waals surface area contributed by atoms with Gasteiger partial charge in [-0.05, 0) is 56.2 Å². The smallest absolute Gasteiger partial charge is 0.345 e. The third-order valence-corrected chi connectivity index (χ3v) is 4.27. The first-order valence-corrected chi connectivity index (χ1v) is 9.81. The predicted octanol–water partition coefficient (Wildman–Crippen LogP) is 3.13. The first kappa shape index (κ1) is 21.8. The molecule has 0 aliphatic rings. The SMILES string of the molecule is CCOc1cc(/C=N/NC(=O)c2cc(C)[nH]c(=O)n2)ccc1OCc1ccc(C)cc1. The molecule has 0 aliphatic heterocycles. The summed E-state index contributed by atoms with van der Waals surface area (Å²) in [4.78, 5) is 29.6. The molecule has 1 heterocycles. The first-order chi connectivity index (χ1) is 14.9. The highest BCUT2D eigenvalue weighted by atomic mass is 16.5. The van der Waals surface area contributed by atoms with E-state index in [1.54, 1.807) is 25.1 Å². The Kier molecular flexibility index (Phi) is 7.16. The molecule has 0 bridgehead atoms. The molecular formula is C23H24N4O4. The molecule has 31 heavy (non-hydrogen) atoms. The normalized spacial score (nSPS) is 10.8. The van der Waals surface area contributed by atoms with Crippen LogP contribution in [0.4, 0.5) is 0 Å². The maximum atomic E-state index is 12.1. The Labute approximate surface area is 180 Å². The van der Waals surface area contributed by atoms with Crippen LogP contribution in [0, 0.1) is 13.8 Å². The Morgan fingerprint density at radius 3 is 2.58 bits per heavy atom. The van der Waals surface area contributed by atoms with Crippen molar-refractivity contribution in [3.8, 4) is 11.5 Å². The molecule has 1 amide bonds. The molecule has 2 aromatic carbocycles. The lowest BCUT2D eigenvalue weighted by atomic mass is 10.2. The molecule has 3 aromatic rings. The van der Waals surface area contributed by atoms with Gasteiger partial charge in [-0.2, -0.15) is 10.1 Å². The van der Waals surface area contributed by atoms with Gasteiger partial charge in [-0.25, -0.2) is 10.2 Å². The van der Waals surface area contributed by atoms with Crippen molar-refractivity contribution in [2.45, 2.75) is 27.4 Å². The standard InChI is InChI=1S/C23H24N4O4/c1-4-30-21-12-18(9-10-20(21)31-14-17-7-5-15(2)6-8-17)13-24-27-22(28)19-11-16(3)25-23(29)26-19/h5-13H,4,14H2,1-3H3,(H,27,28)(H,25,26,29)/b24-13+. The predicted molar refractivity (Wildman–Crippen MR) is 118 cm³/mol. The lowest BCUT2D eigenvalue weighted by molar-refractivity contribution is 0.0949. The summed E-state index contributed by atoms with van der Waals surface area (Å²) in [6, 6.07) is 15.0. The number of carbonyl (C=O) groups excluding carboxylic acids is 1. The van der Waals surface area contributed by atoms with E-state index in [0.717, 1.165) is 5.56 Å². The fourth-order valence-corrected chi connectivity index (χ4v) is 2.76. The molecule has 0 spiro atoms. The van der Waals surface area contributed by atoms with E-state index < -0.39 is 11.6 Å². The number of carbonyl (C=O) groups is 1. The van der Waals surface area contributed by atoms with Crippen molar-refractivity contribution in [2.75, 3.05) is 6.61 Å². The number of rotatable bonds is 8. The molecule has 3 rings (SSSR count). The zero-order valence-electron chi connectivity index (χ0n) is 17.6. The summed E-state index contributed by atoms with van der Waals surface area (Å²) < 4.78 is 11.6. The van der Waals surface area contributed by atoms with Crippen LogP contribution in [0.1, 0.15) is 39.8 Å². The van der Waals surface area contributed by atoms with Crippen LogP contribution < -0.4 is 20.6 Å². The molecule has 1 aromatic heterocycles. The van der Waals surface area contributed by atoms with Gasteiger partial charge >= 0.3 is 5.69 Å². The van der Waals surface area contributed by atoms with E-state index in [4.69, 9.17) is 9.47 Å². The minimum Gasteiger partial charge on any atom is -0.490 e. The number of ether oxygens (including phenoxy) is 2. The molecular weight excluding hydrogens is 396 g/mol. The minimum absolute atomic E-state index is 0.00624. The zero-order chi connectivity index (χ0) is 22.2. The Hall–Kier alpha value is -3.94. The van der Waals surface area contributed by atoms with E-state index in [1.165, 1.54) is 17.8 Å². The average Bonchev–Trinajstić information content (AvgIpc) is 2.74. The van der Waals surface area contributed by atoms with Crippen molar-refractivity contribution >= 4 is 12.1 Å². The molecule has 0 atom stereocenters. The number of hydrogen-bond donors (Lipinski definition) is 2. The zero-order valence-corrected chi connectivity index (χ0v) is 17.6. The number of hydrogen-bond acceptors (Lipinski definition) is 6. The number of aryl methyl sites for hydroxylation is 2. The van der Waals surface area contributed by atoms with E-state index in [0.29, 0.717) is 36.0 Å². The number of amides is 1. The molecule has 160 valence electrons. The fraction of sp³-hybridized carbons (Fsp3) is 0.217. The van der Waals surface area contributed by atoms with E-state index in [9.17, 15) is 9.59 Å². The van der Waals surface area contributed by atoms with Crippen LogP contribution in [0.3, 0.4) is 0 Å². The van der Waals surface area contributed by atoms with Gasteiger partial charge in [-0.3, -0.25) is 4.79 Å². The highest BCUT2D eigenvalue weighted by Crippen LogP contribution is 2.29. The fourth-order valence-electron chi connectivity index (χ4n) is 2.76.